The van der Waals surface area contributed by atoms with Gasteiger partial charge in [-0.2, -0.15) is 0 Å². The zero-order valence-corrected chi connectivity index (χ0v) is 11.9. The summed E-state index contributed by atoms with van der Waals surface area (Å²) < 4.78 is 2.40. The van der Waals surface area contributed by atoms with E-state index in [-0.39, 0.29) is 0 Å². The lowest BCUT2D eigenvalue weighted by molar-refractivity contribution is 0.387. The van der Waals surface area contributed by atoms with Crippen molar-refractivity contribution in [3.8, 4) is 0 Å². The van der Waals surface area contributed by atoms with Crippen LogP contribution in [0.5, 0.6) is 0 Å². The molecule has 0 bridgehead atoms. The first-order chi connectivity index (χ1) is 9.83. The summed E-state index contributed by atoms with van der Waals surface area (Å²) in [7, 11) is 2.19. The normalized spacial score (nSPS) is 27.6. The summed E-state index contributed by atoms with van der Waals surface area (Å²) >= 11 is 0. The molecule has 4 rings (SSSR count). The smallest absolute Gasteiger partial charge is 0.160 e. The van der Waals surface area contributed by atoms with Crippen LogP contribution < -0.4 is 5.32 Å². The second kappa shape index (κ2) is 4.82. The molecule has 0 aromatic carbocycles. The standard InChI is InChI=1S/C15H21N5/c1-19-9-6-11(10-19)20-14-13(5-3-8-17-14)18-15(20)12-4-2-7-16-12/h3,5,8,11-12,16H,2,4,6-7,9-10H2,1H3. The number of aromatic nitrogens is 3. The lowest BCUT2D eigenvalue weighted by Crippen LogP contribution is -2.22. The van der Waals surface area contributed by atoms with Gasteiger partial charge in [-0.15, -0.1) is 0 Å². The number of fused-ring (bicyclic) bond motifs is 1. The highest BCUT2D eigenvalue weighted by atomic mass is 15.2. The van der Waals surface area contributed by atoms with Crippen LogP contribution in [-0.2, 0) is 0 Å². The highest BCUT2D eigenvalue weighted by Crippen LogP contribution is 2.31. The molecule has 2 atom stereocenters. The minimum atomic E-state index is 0.398. The quantitative estimate of drug-likeness (QED) is 0.903. The van der Waals surface area contributed by atoms with Crippen molar-refractivity contribution in [2.24, 2.45) is 0 Å². The van der Waals surface area contributed by atoms with Crippen LogP contribution in [0.15, 0.2) is 18.3 Å². The van der Waals surface area contributed by atoms with Gasteiger partial charge in [-0.3, -0.25) is 0 Å². The second-order valence-corrected chi connectivity index (χ2v) is 6.04. The predicted octanol–water partition coefficient (Wildman–Crippen LogP) is 1.73. The van der Waals surface area contributed by atoms with Crippen LogP contribution in [0.4, 0.5) is 0 Å². The number of nitrogens with zero attached hydrogens (tertiary/aromatic N) is 4. The fraction of sp³-hybridized carbons (Fsp3) is 0.600. The van der Waals surface area contributed by atoms with Gasteiger partial charge in [-0.05, 0) is 51.5 Å². The number of hydrogen-bond donors (Lipinski definition) is 1. The van der Waals surface area contributed by atoms with Crippen LogP contribution in [-0.4, -0.2) is 46.1 Å². The molecular weight excluding hydrogens is 250 g/mol. The molecule has 2 unspecified atom stereocenters. The third-order valence-electron chi connectivity index (χ3n) is 4.58. The van der Waals surface area contributed by atoms with Gasteiger partial charge in [0.05, 0.1) is 12.1 Å². The van der Waals surface area contributed by atoms with Crippen molar-refractivity contribution in [3.05, 3.63) is 24.2 Å². The molecule has 1 N–H and O–H groups in total. The van der Waals surface area contributed by atoms with Crippen molar-refractivity contribution in [1.29, 1.82) is 0 Å². The van der Waals surface area contributed by atoms with E-state index in [1.54, 1.807) is 0 Å². The van der Waals surface area contributed by atoms with Crippen LogP contribution in [0.25, 0.3) is 11.2 Å². The van der Waals surface area contributed by atoms with E-state index in [4.69, 9.17) is 4.98 Å². The summed E-state index contributed by atoms with van der Waals surface area (Å²) in [6.45, 7) is 3.36. The third-order valence-corrected chi connectivity index (χ3v) is 4.58. The fourth-order valence-corrected chi connectivity index (χ4v) is 3.58. The summed E-state index contributed by atoms with van der Waals surface area (Å²) in [4.78, 5) is 11.9. The van der Waals surface area contributed by atoms with Gasteiger partial charge in [-0.1, -0.05) is 0 Å². The molecule has 2 aromatic heterocycles. The Kier molecular flexibility index (Phi) is 2.97. The number of imidazole rings is 1. The monoisotopic (exact) mass is 271 g/mol. The molecular formula is C15H21N5. The van der Waals surface area contributed by atoms with Crippen molar-refractivity contribution in [1.82, 2.24) is 24.8 Å². The van der Waals surface area contributed by atoms with Gasteiger partial charge in [0, 0.05) is 12.7 Å². The SMILES string of the molecule is CN1CCC(n2c(C3CCCN3)nc3cccnc32)C1. The van der Waals surface area contributed by atoms with Crippen LogP contribution in [0.2, 0.25) is 0 Å². The van der Waals surface area contributed by atoms with Crippen molar-refractivity contribution in [2.45, 2.75) is 31.3 Å². The van der Waals surface area contributed by atoms with Crippen molar-refractivity contribution < 1.29 is 0 Å². The molecule has 0 spiro atoms. The van der Waals surface area contributed by atoms with E-state index in [1.807, 2.05) is 12.3 Å². The highest BCUT2D eigenvalue weighted by Gasteiger charge is 2.30. The Morgan fingerprint density at radius 3 is 3.05 bits per heavy atom. The minimum Gasteiger partial charge on any atom is -0.307 e. The first-order valence-corrected chi connectivity index (χ1v) is 7.58. The lowest BCUT2D eigenvalue weighted by atomic mass is 10.2. The van der Waals surface area contributed by atoms with Crippen molar-refractivity contribution in [3.63, 3.8) is 0 Å². The maximum atomic E-state index is 4.88. The molecule has 2 fully saturated rings. The summed E-state index contributed by atoms with van der Waals surface area (Å²) in [5.74, 6) is 1.19. The molecule has 5 heteroatoms. The minimum absolute atomic E-state index is 0.398. The topological polar surface area (TPSA) is 46.0 Å². The molecule has 0 amide bonds. The Bertz CT molecular complexity index is 614. The molecule has 2 aromatic rings. The van der Waals surface area contributed by atoms with Crippen LogP contribution in [0, 0.1) is 0 Å². The first kappa shape index (κ1) is 12.3. The molecule has 2 saturated heterocycles. The van der Waals surface area contributed by atoms with E-state index in [9.17, 15) is 0 Å². The van der Waals surface area contributed by atoms with Crippen molar-refractivity contribution in [2.75, 3.05) is 26.7 Å². The number of rotatable bonds is 2. The van der Waals surface area contributed by atoms with Crippen LogP contribution >= 0.6 is 0 Å². The summed E-state index contributed by atoms with van der Waals surface area (Å²) in [5.41, 5.74) is 2.09. The Labute approximate surface area is 119 Å². The Morgan fingerprint density at radius 1 is 1.35 bits per heavy atom. The Hall–Kier alpha value is -1.46. The number of pyridine rings is 1. The molecule has 106 valence electrons. The summed E-state index contributed by atoms with van der Waals surface area (Å²) in [6.07, 6.45) is 5.50. The molecule has 2 aliphatic rings. The summed E-state index contributed by atoms with van der Waals surface area (Å²) in [5, 5.41) is 3.58. The van der Waals surface area contributed by atoms with Gasteiger partial charge >= 0.3 is 0 Å². The number of hydrogen-bond acceptors (Lipinski definition) is 4. The zero-order chi connectivity index (χ0) is 13.5. The average Bonchev–Trinajstić information content (AvgIpc) is 3.16. The van der Waals surface area contributed by atoms with Crippen LogP contribution in [0.3, 0.4) is 0 Å². The largest absolute Gasteiger partial charge is 0.307 e. The van der Waals surface area contributed by atoms with Gasteiger partial charge in [0.15, 0.2) is 5.65 Å². The maximum absolute atomic E-state index is 4.88. The molecule has 0 saturated carbocycles. The van der Waals surface area contributed by atoms with Gasteiger partial charge < -0.3 is 14.8 Å². The fourth-order valence-electron chi connectivity index (χ4n) is 3.58. The van der Waals surface area contributed by atoms with Gasteiger partial charge in [-0.25, -0.2) is 9.97 Å². The molecule has 0 radical (unpaired) electrons. The second-order valence-electron chi connectivity index (χ2n) is 6.04. The van der Waals surface area contributed by atoms with Crippen LogP contribution in [0.1, 0.15) is 37.2 Å². The number of likely N-dealkylation sites (tertiary alicyclic amines) is 1. The first-order valence-electron chi connectivity index (χ1n) is 7.58. The highest BCUT2D eigenvalue weighted by molar-refractivity contribution is 5.71. The molecule has 2 aliphatic heterocycles. The van der Waals surface area contributed by atoms with E-state index in [2.05, 4.69) is 32.9 Å². The Balaban J connectivity index is 1.84. The molecule has 4 heterocycles. The van der Waals surface area contributed by atoms with E-state index in [1.165, 1.54) is 25.1 Å². The van der Waals surface area contributed by atoms with Gasteiger partial charge in [0.1, 0.15) is 11.3 Å². The zero-order valence-electron chi connectivity index (χ0n) is 11.9. The Morgan fingerprint density at radius 2 is 2.30 bits per heavy atom. The molecule has 20 heavy (non-hydrogen) atoms. The lowest BCUT2D eigenvalue weighted by Gasteiger charge is -2.19. The predicted molar refractivity (Wildman–Crippen MR) is 78.7 cm³/mol. The van der Waals surface area contributed by atoms with E-state index < -0.39 is 0 Å². The van der Waals surface area contributed by atoms with Gasteiger partial charge in [0.2, 0.25) is 0 Å². The van der Waals surface area contributed by atoms with Gasteiger partial charge in [0.25, 0.3) is 0 Å². The van der Waals surface area contributed by atoms with E-state index in [0.29, 0.717) is 12.1 Å². The van der Waals surface area contributed by atoms with Crippen molar-refractivity contribution >= 4 is 11.2 Å². The van der Waals surface area contributed by atoms with E-state index >= 15 is 0 Å². The third kappa shape index (κ3) is 1.93. The number of likely N-dealkylation sites (N-methyl/N-ethyl adjacent to an activating group) is 1. The number of nitrogens with one attached hydrogen (secondary N) is 1. The maximum Gasteiger partial charge on any atom is 0.160 e. The average molecular weight is 271 g/mol. The van der Waals surface area contributed by atoms with E-state index in [0.717, 1.165) is 30.8 Å². The molecule has 0 aliphatic carbocycles. The summed E-state index contributed by atoms with van der Waals surface area (Å²) in [6, 6.07) is 4.97. The molecule has 5 nitrogen and oxygen atoms in total.